The first-order valence-electron chi connectivity index (χ1n) is 8.47. The molecule has 0 saturated carbocycles. The maximum atomic E-state index is 13.1. The van der Waals surface area contributed by atoms with E-state index in [1.165, 1.54) is 13.1 Å². The molecule has 0 aliphatic carbocycles. The van der Waals surface area contributed by atoms with Crippen LogP contribution in [-0.4, -0.2) is 23.8 Å². The van der Waals surface area contributed by atoms with Crippen molar-refractivity contribution in [3.63, 3.8) is 0 Å². The van der Waals surface area contributed by atoms with Crippen molar-refractivity contribution >= 4 is 27.4 Å². The molecule has 146 valence electrons. The molecule has 1 atom stereocenters. The van der Waals surface area contributed by atoms with Gasteiger partial charge in [-0.15, -0.1) is 0 Å². The van der Waals surface area contributed by atoms with Gasteiger partial charge in [-0.1, -0.05) is 17.7 Å². The minimum absolute atomic E-state index is 0.231. The minimum Gasteiger partial charge on any atom is -0.343 e. The molecule has 0 bridgehead atoms. The van der Waals surface area contributed by atoms with Crippen molar-refractivity contribution in [2.24, 2.45) is 12.2 Å². The topological polar surface area (TPSA) is 95.0 Å². The Morgan fingerprint density at radius 3 is 2.39 bits per heavy atom. The Bertz CT molecular complexity index is 1140. The van der Waals surface area contributed by atoms with Crippen LogP contribution in [0.3, 0.4) is 0 Å². The first-order chi connectivity index (χ1) is 13.1. The number of primary sulfonamides is 1. The zero-order valence-electron chi connectivity index (χ0n) is 15.7. The average Bonchev–Trinajstić information content (AvgIpc) is 2.95. The number of rotatable bonds is 5. The molecule has 1 unspecified atom stereocenters. The Morgan fingerprint density at radius 1 is 1.21 bits per heavy atom. The lowest BCUT2D eigenvalue weighted by Gasteiger charge is -2.28. The molecule has 1 aromatic carbocycles. The van der Waals surface area contributed by atoms with Crippen LogP contribution < -0.4 is 5.14 Å². The second-order valence-corrected chi connectivity index (χ2v) is 9.12. The molecule has 8 heteroatoms. The van der Waals surface area contributed by atoms with Gasteiger partial charge in [0.2, 0.25) is 15.8 Å². The smallest absolute Gasteiger partial charge is 0.224 e. The summed E-state index contributed by atoms with van der Waals surface area (Å²) in [5.74, 6) is -0.231. The van der Waals surface area contributed by atoms with Gasteiger partial charge in [0.15, 0.2) is 0 Å². The molecular weight excluding hydrogens is 398 g/mol. The van der Waals surface area contributed by atoms with Crippen molar-refractivity contribution in [3.05, 3.63) is 88.0 Å². The Hall–Kier alpha value is -2.48. The van der Waals surface area contributed by atoms with Gasteiger partial charge in [-0.3, -0.25) is 9.78 Å². The summed E-state index contributed by atoms with van der Waals surface area (Å²) in [6, 6.07) is 11.5. The van der Waals surface area contributed by atoms with E-state index in [-0.39, 0.29) is 5.78 Å². The Morgan fingerprint density at radius 2 is 1.86 bits per heavy atom. The van der Waals surface area contributed by atoms with Crippen LogP contribution in [0.4, 0.5) is 0 Å². The third kappa shape index (κ3) is 3.26. The van der Waals surface area contributed by atoms with E-state index >= 15 is 0 Å². The highest BCUT2D eigenvalue weighted by Crippen LogP contribution is 2.37. The molecule has 0 saturated heterocycles. The molecule has 0 aliphatic rings. The van der Waals surface area contributed by atoms with Crippen molar-refractivity contribution in [3.8, 4) is 0 Å². The van der Waals surface area contributed by atoms with Crippen LogP contribution in [-0.2, 0) is 21.8 Å². The molecule has 6 nitrogen and oxygen atoms in total. The van der Waals surface area contributed by atoms with E-state index in [2.05, 4.69) is 4.98 Å². The van der Waals surface area contributed by atoms with Gasteiger partial charge < -0.3 is 4.57 Å². The number of benzene rings is 1. The van der Waals surface area contributed by atoms with Gasteiger partial charge in [0, 0.05) is 35.7 Å². The van der Waals surface area contributed by atoms with Gasteiger partial charge >= 0.3 is 0 Å². The number of aromatic nitrogens is 2. The van der Waals surface area contributed by atoms with Crippen LogP contribution in [0.2, 0.25) is 5.02 Å². The number of sulfonamides is 1. The molecule has 0 amide bonds. The van der Waals surface area contributed by atoms with E-state index in [1.54, 1.807) is 67.2 Å². The molecule has 2 N–H and O–H groups in total. The molecule has 2 heterocycles. The largest absolute Gasteiger partial charge is 0.343 e. The summed E-state index contributed by atoms with van der Waals surface area (Å²) in [7, 11) is -2.42. The van der Waals surface area contributed by atoms with E-state index in [4.69, 9.17) is 16.7 Å². The third-order valence-electron chi connectivity index (χ3n) is 5.02. The minimum atomic E-state index is -4.08. The van der Waals surface area contributed by atoms with E-state index in [9.17, 15) is 13.2 Å². The summed E-state index contributed by atoms with van der Waals surface area (Å²) in [5.41, 5.74) is 2.30. The summed E-state index contributed by atoms with van der Waals surface area (Å²) < 4.78 is 25.3. The van der Waals surface area contributed by atoms with E-state index in [0.717, 1.165) is 0 Å². The van der Waals surface area contributed by atoms with Crippen molar-refractivity contribution < 1.29 is 13.2 Å². The van der Waals surface area contributed by atoms with Gasteiger partial charge in [-0.2, -0.15) is 0 Å². The summed E-state index contributed by atoms with van der Waals surface area (Å²) in [4.78, 5) is 17.1. The molecule has 0 spiro atoms. The van der Waals surface area contributed by atoms with Crippen LogP contribution in [0, 0.1) is 6.92 Å². The monoisotopic (exact) mass is 417 g/mol. The van der Waals surface area contributed by atoms with Crippen LogP contribution in [0.25, 0.3) is 0 Å². The Balaban J connectivity index is 2.22. The standard InChI is InChI=1S/C20H20ClN3O3S/c1-13-11-17(20(2,28(22,26)27)15-5-4-10-23-12-15)24(3)18(13)19(25)14-6-8-16(21)9-7-14/h4-12H,1-3H3,(H2,22,26,27). The zero-order chi connectivity index (χ0) is 20.7. The van der Waals surface area contributed by atoms with E-state index < -0.39 is 14.8 Å². The number of carbonyl (C=O) groups excluding carboxylic acids is 1. The SMILES string of the molecule is Cc1cc(C(C)(c2cccnc2)S(N)(=O)=O)n(C)c1C(=O)c1ccc(Cl)cc1. The predicted molar refractivity (Wildman–Crippen MR) is 109 cm³/mol. The summed E-state index contributed by atoms with van der Waals surface area (Å²) in [5, 5.41) is 6.17. The fraction of sp³-hybridized carbons (Fsp3) is 0.200. The maximum absolute atomic E-state index is 13.1. The van der Waals surface area contributed by atoms with Crippen LogP contribution in [0.1, 0.15) is 39.8 Å². The van der Waals surface area contributed by atoms with Crippen LogP contribution in [0.5, 0.6) is 0 Å². The first kappa shape index (κ1) is 20.3. The fourth-order valence-corrected chi connectivity index (χ4v) is 4.45. The molecular formula is C20H20ClN3O3S. The van der Waals surface area contributed by atoms with Crippen LogP contribution in [0.15, 0.2) is 54.9 Å². The normalized spacial score (nSPS) is 13.9. The molecule has 28 heavy (non-hydrogen) atoms. The highest BCUT2D eigenvalue weighted by atomic mass is 35.5. The highest BCUT2D eigenvalue weighted by molar-refractivity contribution is 7.90. The van der Waals surface area contributed by atoms with Crippen molar-refractivity contribution in [2.45, 2.75) is 18.6 Å². The number of nitrogens with zero attached hydrogens (tertiary/aromatic N) is 2. The van der Waals surface area contributed by atoms with Gasteiger partial charge in [0.05, 0.1) is 5.69 Å². The maximum Gasteiger partial charge on any atom is 0.224 e. The first-order valence-corrected chi connectivity index (χ1v) is 10.4. The van der Waals surface area contributed by atoms with Gasteiger partial charge in [-0.05, 0) is 61.4 Å². The number of halogens is 1. The molecule has 0 fully saturated rings. The summed E-state index contributed by atoms with van der Waals surface area (Å²) >= 11 is 5.90. The Kier molecular flexibility index (Phi) is 5.18. The highest BCUT2D eigenvalue weighted by Gasteiger charge is 2.44. The number of ketones is 1. The van der Waals surface area contributed by atoms with Crippen molar-refractivity contribution in [2.75, 3.05) is 0 Å². The number of carbonyl (C=O) groups is 1. The lowest BCUT2D eigenvalue weighted by molar-refractivity contribution is 0.103. The number of hydrogen-bond acceptors (Lipinski definition) is 4. The number of aryl methyl sites for hydroxylation is 1. The van der Waals surface area contributed by atoms with E-state index in [1.807, 2.05) is 0 Å². The Labute approximate surface area is 169 Å². The van der Waals surface area contributed by atoms with E-state index in [0.29, 0.717) is 33.1 Å². The lowest BCUT2D eigenvalue weighted by Crippen LogP contribution is -2.41. The number of nitrogens with two attached hydrogens (primary N) is 1. The van der Waals surface area contributed by atoms with Gasteiger partial charge in [-0.25, -0.2) is 13.6 Å². The van der Waals surface area contributed by atoms with Crippen LogP contribution >= 0.6 is 11.6 Å². The molecule has 0 radical (unpaired) electrons. The van der Waals surface area contributed by atoms with Gasteiger partial charge in [0.1, 0.15) is 4.75 Å². The summed E-state index contributed by atoms with van der Waals surface area (Å²) in [6.45, 7) is 3.28. The van der Waals surface area contributed by atoms with Crippen molar-refractivity contribution in [1.82, 2.24) is 9.55 Å². The third-order valence-corrected chi connectivity index (χ3v) is 6.85. The lowest BCUT2D eigenvalue weighted by atomic mass is 9.98. The second kappa shape index (κ2) is 7.16. The zero-order valence-corrected chi connectivity index (χ0v) is 17.3. The summed E-state index contributed by atoms with van der Waals surface area (Å²) in [6.07, 6.45) is 3.02. The van der Waals surface area contributed by atoms with Crippen molar-refractivity contribution in [1.29, 1.82) is 0 Å². The molecule has 3 rings (SSSR count). The quantitative estimate of drug-likeness (QED) is 0.645. The predicted octanol–water partition coefficient (Wildman–Crippen LogP) is 3.16. The molecule has 0 aliphatic heterocycles. The number of hydrogen-bond donors (Lipinski definition) is 1. The number of pyridine rings is 1. The second-order valence-electron chi connectivity index (χ2n) is 6.78. The molecule has 3 aromatic rings. The van der Waals surface area contributed by atoms with Gasteiger partial charge in [0.25, 0.3) is 0 Å². The molecule has 2 aromatic heterocycles. The average molecular weight is 418 g/mol. The fourth-order valence-electron chi connectivity index (χ4n) is 3.39.